The van der Waals surface area contributed by atoms with Gasteiger partial charge in [0.2, 0.25) is 0 Å². The lowest BCUT2D eigenvalue weighted by Crippen LogP contribution is -2.15. The summed E-state index contributed by atoms with van der Waals surface area (Å²) in [6.07, 6.45) is 0. The average molecular weight is 347 g/mol. The van der Waals surface area contributed by atoms with Gasteiger partial charge in [0, 0.05) is 14.5 Å². The number of nitrogens with two attached hydrogens (primary N) is 1. The molecule has 6 heteroatoms. The van der Waals surface area contributed by atoms with Crippen molar-refractivity contribution in [2.75, 3.05) is 6.61 Å². The van der Waals surface area contributed by atoms with Crippen LogP contribution < -0.4 is 5.73 Å². The van der Waals surface area contributed by atoms with Gasteiger partial charge in [-0.2, -0.15) is 0 Å². The summed E-state index contributed by atoms with van der Waals surface area (Å²) in [4.78, 5) is 0. The molecule has 0 unspecified atom stereocenters. The van der Waals surface area contributed by atoms with E-state index in [1.165, 1.54) is 6.07 Å². The van der Waals surface area contributed by atoms with E-state index < -0.39 is 6.04 Å². The first-order valence-corrected chi connectivity index (χ1v) is 5.19. The fourth-order valence-corrected chi connectivity index (χ4v) is 2.53. The Morgan fingerprint density at radius 2 is 1.93 bits per heavy atom. The van der Waals surface area contributed by atoms with E-state index in [1.807, 2.05) is 0 Å². The molecule has 1 rings (SSSR count). The van der Waals surface area contributed by atoms with Crippen LogP contribution in [-0.4, -0.2) is 16.8 Å². The highest BCUT2D eigenvalue weighted by Crippen LogP contribution is 2.33. The monoisotopic (exact) mass is 345 g/mol. The topological polar surface area (TPSA) is 66.5 Å². The summed E-state index contributed by atoms with van der Waals surface area (Å²) in [5, 5.41) is 18.4. The Morgan fingerprint density at radius 1 is 1.36 bits per heavy atom. The van der Waals surface area contributed by atoms with E-state index in [1.54, 1.807) is 6.07 Å². The second kappa shape index (κ2) is 5.92. The summed E-state index contributed by atoms with van der Waals surface area (Å²) in [5.41, 5.74) is 6.11. The van der Waals surface area contributed by atoms with Crippen LogP contribution in [0.4, 0.5) is 0 Å². The van der Waals surface area contributed by atoms with E-state index in [0.29, 0.717) is 10.0 Å². The maximum absolute atomic E-state index is 9.52. The Labute approximate surface area is 105 Å². The number of hydrogen-bond acceptors (Lipinski definition) is 3. The fraction of sp³-hybridized carbons (Fsp3) is 0.250. The first kappa shape index (κ1) is 14.2. The van der Waals surface area contributed by atoms with Gasteiger partial charge in [-0.3, -0.25) is 0 Å². The molecule has 0 saturated heterocycles. The zero-order valence-corrected chi connectivity index (χ0v) is 11.1. The van der Waals surface area contributed by atoms with Gasteiger partial charge in [-0.1, -0.05) is 31.9 Å². The second-order valence-corrected chi connectivity index (χ2v) is 4.38. The van der Waals surface area contributed by atoms with Crippen LogP contribution >= 0.6 is 44.3 Å². The van der Waals surface area contributed by atoms with Crippen molar-refractivity contribution in [2.45, 2.75) is 6.04 Å². The molecule has 0 radical (unpaired) electrons. The lowest BCUT2D eigenvalue weighted by molar-refractivity contribution is 0.265. The van der Waals surface area contributed by atoms with Crippen LogP contribution in [0, 0.1) is 0 Å². The molecule has 4 N–H and O–H groups in total. The third kappa shape index (κ3) is 3.10. The molecule has 0 bridgehead atoms. The highest BCUT2D eigenvalue weighted by molar-refractivity contribution is 9.11. The van der Waals surface area contributed by atoms with Crippen molar-refractivity contribution < 1.29 is 10.2 Å². The number of rotatable bonds is 2. The molecule has 3 nitrogen and oxygen atoms in total. The third-order valence-electron chi connectivity index (χ3n) is 1.64. The normalized spacial score (nSPS) is 12.0. The summed E-state index contributed by atoms with van der Waals surface area (Å²) < 4.78 is 1.44. The summed E-state index contributed by atoms with van der Waals surface area (Å²) >= 11 is 6.48. The van der Waals surface area contributed by atoms with Gasteiger partial charge < -0.3 is 15.9 Å². The molecule has 0 saturated carbocycles. The minimum absolute atomic E-state index is 0. The molecular weight excluding hydrogens is 337 g/mol. The van der Waals surface area contributed by atoms with Gasteiger partial charge in [0.15, 0.2) is 0 Å². The number of aliphatic hydroxyl groups excluding tert-OH is 1. The first-order chi connectivity index (χ1) is 6.06. The van der Waals surface area contributed by atoms with Gasteiger partial charge >= 0.3 is 0 Å². The smallest absolute Gasteiger partial charge is 0.122 e. The van der Waals surface area contributed by atoms with Gasteiger partial charge in [-0.25, -0.2) is 0 Å². The quantitative estimate of drug-likeness (QED) is 0.769. The maximum Gasteiger partial charge on any atom is 0.122 e. The molecule has 0 spiro atoms. The second-order valence-electron chi connectivity index (χ2n) is 2.61. The number of aromatic hydroxyl groups is 1. The highest BCUT2D eigenvalue weighted by Gasteiger charge is 2.14. The molecular formula is C8H10Br2ClNO2. The van der Waals surface area contributed by atoms with E-state index in [4.69, 9.17) is 10.8 Å². The predicted octanol–water partition coefficient (Wildman–Crippen LogP) is 2.33. The van der Waals surface area contributed by atoms with Crippen molar-refractivity contribution in [3.05, 3.63) is 26.6 Å². The van der Waals surface area contributed by atoms with Crippen molar-refractivity contribution in [3.8, 4) is 5.75 Å². The van der Waals surface area contributed by atoms with Crippen LogP contribution in [0.25, 0.3) is 0 Å². The van der Waals surface area contributed by atoms with Gasteiger partial charge in [0.1, 0.15) is 5.75 Å². The zero-order valence-electron chi connectivity index (χ0n) is 7.08. The lowest BCUT2D eigenvalue weighted by Gasteiger charge is -2.13. The summed E-state index contributed by atoms with van der Waals surface area (Å²) in [7, 11) is 0. The highest BCUT2D eigenvalue weighted by atomic mass is 79.9. The van der Waals surface area contributed by atoms with Crippen LogP contribution in [0.5, 0.6) is 5.75 Å². The standard InChI is InChI=1S/C8H9Br2NO2.ClH/c9-4-1-5(10)8(6(11)3-12)7(13)2-4;/h1-2,6,12-13H,3,11H2;1H/t6-;/m1./s1. The van der Waals surface area contributed by atoms with Gasteiger partial charge in [0.05, 0.1) is 12.6 Å². The molecule has 1 aromatic carbocycles. The summed E-state index contributed by atoms with van der Waals surface area (Å²) in [6, 6.07) is 2.74. The fourth-order valence-electron chi connectivity index (χ4n) is 1.03. The van der Waals surface area contributed by atoms with Crippen molar-refractivity contribution in [2.24, 2.45) is 5.73 Å². The van der Waals surface area contributed by atoms with Crippen LogP contribution in [0.15, 0.2) is 21.1 Å². The lowest BCUT2D eigenvalue weighted by atomic mass is 10.1. The Kier molecular flexibility index (Phi) is 6.00. The van der Waals surface area contributed by atoms with Crippen molar-refractivity contribution in [3.63, 3.8) is 0 Å². The van der Waals surface area contributed by atoms with Crippen LogP contribution in [-0.2, 0) is 0 Å². The molecule has 0 aliphatic rings. The molecule has 0 fully saturated rings. The molecule has 80 valence electrons. The van der Waals surface area contributed by atoms with Crippen LogP contribution in [0.1, 0.15) is 11.6 Å². The molecule has 1 aromatic rings. The van der Waals surface area contributed by atoms with E-state index in [0.717, 1.165) is 4.47 Å². The van der Waals surface area contributed by atoms with E-state index in [-0.39, 0.29) is 24.8 Å². The first-order valence-electron chi connectivity index (χ1n) is 3.60. The van der Waals surface area contributed by atoms with Crippen molar-refractivity contribution in [1.82, 2.24) is 0 Å². The zero-order chi connectivity index (χ0) is 10.0. The summed E-state index contributed by atoms with van der Waals surface area (Å²) in [5.74, 6) is 0.0720. The average Bonchev–Trinajstić information content (AvgIpc) is 2.02. The predicted molar refractivity (Wildman–Crippen MR) is 64.8 cm³/mol. The molecule has 0 aliphatic heterocycles. The summed E-state index contributed by atoms with van der Waals surface area (Å²) in [6.45, 7) is -0.201. The number of hydrogen-bond donors (Lipinski definition) is 3. The molecule has 1 atom stereocenters. The number of phenols is 1. The molecule has 0 aliphatic carbocycles. The van der Waals surface area contributed by atoms with E-state index >= 15 is 0 Å². The van der Waals surface area contributed by atoms with E-state index in [9.17, 15) is 5.11 Å². The minimum Gasteiger partial charge on any atom is -0.508 e. The number of phenolic OH excluding ortho intramolecular Hbond substituents is 1. The van der Waals surface area contributed by atoms with Gasteiger partial charge in [-0.15, -0.1) is 12.4 Å². The molecule has 0 amide bonds. The van der Waals surface area contributed by atoms with E-state index in [2.05, 4.69) is 31.9 Å². The molecule has 14 heavy (non-hydrogen) atoms. The van der Waals surface area contributed by atoms with Crippen LogP contribution in [0.3, 0.4) is 0 Å². The minimum atomic E-state index is -0.567. The van der Waals surface area contributed by atoms with Crippen molar-refractivity contribution in [1.29, 1.82) is 0 Å². The third-order valence-corrected chi connectivity index (χ3v) is 2.75. The number of aliphatic hydroxyl groups is 1. The van der Waals surface area contributed by atoms with Crippen LogP contribution in [0.2, 0.25) is 0 Å². The SMILES string of the molecule is Cl.N[C@H](CO)c1c(O)cc(Br)cc1Br. The Morgan fingerprint density at radius 3 is 2.36 bits per heavy atom. The number of benzene rings is 1. The molecule has 0 heterocycles. The number of halogens is 3. The maximum atomic E-state index is 9.52. The van der Waals surface area contributed by atoms with Gasteiger partial charge in [-0.05, 0) is 12.1 Å². The Bertz CT molecular complexity index is 299. The largest absolute Gasteiger partial charge is 0.508 e. The van der Waals surface area contributed by atoms with Crippen molar-refractivity contribution >= 4 is 44.3 Å². The Balaban J connectivity index is 0.00000169. The Hall–Kier alpha value is 0.190. The van der Waals surface area contributed by atoms with Gasteiger partial charge in [0.25, 0.3) is 0 Å². The molecule has 0 aromatic heterocycles.